The molecule has 0 bridgehead atoms. The van der Waals surface area contributed by atoms with Crippen molar-refractivity contribution in [1.29, 1.82) is 5.26 Å². The van der Waals surface area contributed by atoms with Crippen molar-refractivity contribution < 1.29 is 13.2 Å². The smallest absolute Gasteiger partial charge is 0.266 e. The van der Waals surface area contributed by atoms with Gasteiger partial charge in [0.25, 0.3) is 5.91 Å². The first-order chi connectivity index (χ1) is 13.5. The predicted octanol–water partition coefficient (Wildman–Crippen LogP) is 2.80. The number of rotatable bonds is 5. The Labute approximate surface area is 164 Å². The van der Waals surface area contributed by atoms with Crippen LogP contribution in [0.2, 0.25) is 0 Å². The maximum Gasteiger partial charge on any atom is 0.266 e. The van der Waals surface area contributed by atoms with E-state index in [9.17, 15) is 18.5 Å². The van der Waals surface area contributed by atoms with E-state index in [-0.39, 0.29) is 10.5 Å². The standard InChI is InChI=1S/C20H20N4O3S/c21-14-17(12-16-6-5-9-22-15-16)20(25)23-18-7-4-8-19(13-18)28(26,27)24-10-2-1-3-11-24/h4-9,12-13,15H,1-3,10-11H2,(H,23,25)/b17-12+. The molecule has 1 saturated heterocycles. The third-order valence-electron chi connectivity index (χ3n) is 4.41. The van der Waals surface area contributed by atoms with E-state index in [2.05, 4.69) is 10.3 Å². The zero-order valence-corrected chi connectivity index (χ0v) is 16.0. The highest BCUT2D eigenvalue weighted by atomic mass is 32.2. The van der Waals surface area contributed by atoms with E-state index < -0.39 is 15.9 Å². The second-order valence-electron chi connectivity index (χ2n) is 6.40. The summed E-state index contributed by atoms with van der Waals surface area (Å²) in [6.07, 6.45) is 7.29. The van der Waals surface area contributed by atoms with E-state index in [0.717, 1.165) is 19.3 Å². The topological polar surface area (TPSA) is 103 Å². The van der Waals surface area contributed by atoms with Gasteiger partial charge in [-0.1, -0.05) is 18.6 Å². The van der Waals surface area contributed by atoms with Gasteiger partial charge in [-0.2, -0.15) is 9.57 Å². The number of carbonyl (C=O) groups excluding carboxylic acids is 1. The van der Waals surface area contributed by atoms with Gasteiger partial charge in [-0.15, -0.1) is 0 Å². The molecule has 0 spiro atoms. The molecule has 2 aromatic rings. The third kappa shape index (κ3) is 4.63. The van der Waals surface area contributed by atoms with Crippen LogP contribution in [0.3, 0.4) is 0 Å². The number of nitriles is 1. The van der Waals surface area contributed by atoms with Crippen molar-refractivity contribution in [2.75, 3.05) is 18.4 Å². The summed E-state index contributed by atoms with van der Waals surface area (Å²) in [6, 6.07) is 11.4. The van der Waals surface area contributed by atoms with Gasteiger partial charge in [-0.3, -0.25) is 9.78 Å². The molecule has 2 heterocycles. The molecule has 0 atom stereocenters. The molecule has 144 valence electrons. The van der Waals surface area contributed by atoms with Gasteiger partial charge < -0.3 is 5.32 Å². The van der Waals surface area contributed by atoms with Crippen LogP contribution in [-0.4, -0.2) is 36.7 Å². The molecule has 1 aromatic heterocycles. The first kappa shape index (κ1) is 19.7. The molecule has 0 aliphatic carbocycles. The van der Waals surface area contributed by atoms with Gasteiger partial charge in [0, 0.05) is 31.2 Å². The lowest BCUT2D eigenvalue weighted by Crippen LogP contribution is -2.35. The highest BCUT2D eigenvalue weighted by molar-refractivity contribution is 7.89. The number of aromatic nitrogens is 1. The minimum absolute atomic E-state index is 0.0997. The summed E-state index contributed by atoms with van der Waals surface area (Å²) in [7, 11) is -3.60. The largest absolute Gasteiger partial charge is 0.321 e. The lowest BCUT2D eigenvalue weighted by atomic mass is 10.1. The van der Waals surface area contributed by atoms with E-state index >= 15 is 0 Å². The number of carbonyl (C=O) groups is 1. The van der Waals surface area contributed by atoms with E-state index in [1.54, 1.807) is 30.5 Å². The Hall–Kier alpha value is -3.02. The van der Waals surface area contributed by atoms with Crippen molar-refractivity contribution in [3.05, 3.63) is 59.9 Å². The normalized spacial score (nSPS) is 15.6. The van der Waals surface area contributed by atoms with E-state index in [1.165, 1.54) is 28.7 Å². The van der Waals surface area contributed by atoms with Crippen LogP contribution in [0.5, 0.6) is 0 Å². The van der Waals surface area contributed by atoms with Gasteiger partial charge in [0.2, 0.25) is 10.0 Å². The Balaban J connectivity index is 1.79. The van der Waals surface area contributed by atoms with E-state index in [1.807, 2.05) is 6.07 Å². The molecule has 7 nitrogen and oxygen atoms in total. The quantitative estimate of drug-likeness (QED) is 0.618. The molecular formula is C20H20N4O3S. The van der Waals surface area contributed by atoms with Crippen LogP contribution in [0.1, 0.15) is 24.8 Å². The number of benzene rings is 1. The number of nitrogens with zero attached hydrogens (tertiary/aromatic N) is 3. The van der Waals surface area contributed by atoms with Crippen LogP contribution >= 0.6 is 0 Å². The summed E-state index contributed by atoms with van der Waals surface area (Å²) < 4.78 is 27.1. The number of anilines is 1. The molecule has 1 aromatic carbocycles. The number of amides is 1. The highest BCUT2D eigenvalue weighted by Crippen LogP contribution is 2.23. The van der Waals surface area contributed by atoms with Crippen LogP contribution < -0.4 is 5.32 Å². The lowest BCUT2D eigenvalue weighted by Gasteiger charge is -2.26. The third-order valence-corrected chi connectivity index (χ3v) is 6.30. The molecule has 0 radical (unpaired) electrons. The molecule has 3 rings (SSSR count). The Morgan fingerprint density at radius 3 is 2.64 bits per heavy atom. The minimum Gasteiger partial charge on any atom is -0.321 e. The first-order valence-electron chi connectivity index (χ1n) is 8.94. The molecule has 1 N–H and O–H groups in total. The lowest BCUT2D eigenvalue weighted by molar-refractivity contribution is -0.112. The van der Waals surface area contributed by atoms with Crippen molar-refractivity contribution in [3.8, 4) is 6.07 Å². The molecule has 1 fully saturated rings. The van der Waals surface area contributed by atoms with Crippen LogP contribution in [0.15, 0.2) is 59.3 Å². The number of nitrogens with one attached hydrogen (secondary N) is 1. The summed E-state index contributed by atoms with van der Waals surface area (Å²) in [5, 5.41) is 11.9. The monoisotopic (exact) mass is 396 g/mol. The average Bonchev–Trinajstić information content (AvgIpc) is 2.73. The minimum atomic E-state index is -3.60. The Morgan fingerprint density at radius 1 is 1.18 bits per heavy atom. The van der Waals surface area contributed by atoms with Gasteiger partial charge >= 0.3 is 0 Å². The van der Waals surface area contributed by atoms with E-state index in [0.29, 0.717) is 24.3 Å². The molecule has 1 aliphatic rings. The summed E-state index contributed by atoms with van der Waals surface area (Å²) >= 11 is 0. The van der Waals surface area contributed by atoms with Crippen molar-refractivity contribution >= 4 is 27.7 Å². The molecule has 1 aliphatic heterocycles. The van der Waals surface area contributed by atoms with Crippen LogP contribution in [0.4, 0.5) is 5.69 Å². The number of hydrogen-bond acceptors (Lipinski definition) is 5. The number of hydrogen-bond donors (Lipinski definition) is 1. The Bertz CT molecular complexity index is 1020. The van der Waals surface area contributed by atoms with Gasteiger partial charge in [0.1, 0.15) is 11.6 Å². The molecule has 8 heteroatoms. The molecule has 1 amide bonds. The van der Waals surface area contributed by atoms with E-state index in [4.69, 9.17) is 0 Å². The highest BCUT2D eigenvalue weighted by Gasteiger charge is 2.26. The van der Waals surface area contributed by atoms with Gasteiger partial charge in [-0.25, -0.2) is 8.42 Å². The van der Waals surface area contributed by atoms with Crippen LogP contribution in [-0.2, 0) is 14.8 Å². The van der Waals surface area contributed by atoms with Crippen molar-refractivity contribution in [2.24, 2.45) is 0 Å². The predicted molar refractivity (Wildman–Crippen MR) is 106 cm³/mol. The summed E-state index contributed by atoms with van der Waals surface area (Å²) in [4.78, 5) is 16.5. The number of pyridine rings is 1. The fraction of sp³-hybridized carbons (Fsp3) is 0.250. The molecule has 0 unspecified atom stereocenters. The second kappa shape index (κ2) is 8.78. The maximum atomic E-state index is 12.8. The van der Waals surface area contributed by atoms with Gasteiger partial charge in [-0.05, 0) is 48.7 Å². The fourth-order valence-electron chi connectivity index (χ4n) is 2.96. The molecular weight excluding hydrogens is 376 g/mol. The average molecular weight is 396 g/mol. The van der Waals surface area contributed by atoms with Crippen molar-refractivity contribution in [1.82, 2.24) is 9.29 Å². The fourth-order valence-corrected chi connectivity index (χ4v) is 4.53. The van der Waals surface area contributed by atoms with Crippen molar-refractivity contribution in [3.63, 3.8) is 0 Å². The SMILES string of the molecule is N#C/C(=C\c1cccnc1)C(=O)Nc1cccc(S(=O)(=O)N2CCCCC2)c1. The number of sulfonamides is 1. The summed E-state index contributed by atoms with van der Waals surface area (Å²) in [5.74, 6) is -0.612. The van der Waals surface area contributed by atoms with Crippen molar-refractivity contribution in [2.45, 2.75) is 24.2 Å². The Morgan fingerprint density at radius 2 is 1.96 bits per heavy atom. The summed E-state index contributed by atoms with van der Waals surface area (Å²) in [6.45, 7) is 1.01. The van der Waals surface area contributed by atoms with Crippen LogP contribution in [0.25, 0.3) is 6.08 Å². The first-order valence-corrected chi connectivity index (χ1v) is 10.4. The zero-order valence-electron chi connectivity index (χ0n) is 15.2. The van der Waals surface area contributed by atoms with Gasteiger partial charge in [0.15, 0.2) is 0 Å². The second-order valence-corrected chi connectivity index (χ2v) is 8.34. The van der Waals surface area contributed by atoms with Gasteiger partial charge in [0.05, 0.1) is 4.90 Å². The molecule has 28 heavy (non-hydrogen) atoms. The maximum absolute atomic E-state index is 12.8. The summed E-state index contributed by atoms with van der Waals surface area (Å²) in [5.41, 5.74) is 0.836. The zero-order chi connectivity index (χ0) is 20.0. The molecule has 0 saturated carbocycles. The number of piperidine rings is 1. The van der Waals surface area contributed by atoms with Crippen LogP contribution in [0, 0.1) is 11.3 Å². The Kier molecular flexibility index (Phi) is 6.19.